The molecule has 6 nitrogen and oxygen atoms in total. The maximum atomic E-state index is 11.6. The molecule has 1 unspecified atom stereocenters. The van der Waals surface area contributed by atoms with E-state index in [1.54, 1.807) is 26.2 Å². The van der Waals surface area contributed by atoms with Crippen LogP contribution in [-0.2, 0) is 4.79 Å². The van der Waals surface area contributed by atoms with Gasteiger partial charge in [-0.3, -0.25) is 4.79 Å². The molecule has 2 N–H and O–H groups in total. The number of hydrogen-bond acceptors (Lipinski definition) is 3. The maximum Gasteiger partial charge on any atom is 0.243 e. The lowest BCUT2D eigenvalue weighted by atomic mass is 10.3. The first-order valence-corrected chi connectivity index (χ1v) is 7.94. The third-order valence-electron chi connectivity index (χ3n) is 2.92. The maximum absolute atomic E-state index is 11.6. The largest absolute Gasteiger partial charge is 0.489 e. The summed E-state index contributed by atoms with van der Waals surface area (Å²) in [6.07, 6.45) is -0.0652. The first-order chi connectivity index (χ1) is 10.9. The molecule has 0 saturated heterocycles. The number of likely N-dealkylation sites (N-methyl/N-ethyl adjacent to an activating group) is 1. The number of benzene rings is 1. The average Bonchev–Trinajstić information content (AvgIpc) is 2.51. The lowest BCUT2D eigenvalue weighted by molar-refractivity contribution is -0.127. The Morgan fingerprint density at radius 2 is 1.92 bits per heavy atom. The first-order valence-electron chi connectivity index (χ1n) is 7.57. The number of aliphatic imine (C=N–C) groups is 1. The molecule has 1 rings (SSSR count). The van der Waals surface area contributed by atoms with Crippen LogP contribution in [0.25, 0.3) is 0 Å². The van der Waals surface area contributed by atoms with Crippen molar-refractivity contribution in [3.8, 4) is 5.75 Å². The minimum absolute atomic E-state index is 0. The Kier molecular flexibility index (Phi) is 11.6. The van der Waals surface area contributed by atoms with Gasteiger partial charge in [-0.05, 0) is 38.1 Å². The van der Waals surface area contributed by atoms with E-state index >= 15 is 0 Å². The van der Waals surface area contributed by atoms with Crippen molar-refractivity contribution in [1.82, 2.24) is 15.5 Å². The second-order valence-electron chi connectivity index (χ2n) is 5.25. The quantitative estimate of drug-likeness (QED) is 0.366. The van der Waals surface area contributed by atoms with Crippen LogP contribution >= 0.6 is 35.6 Å². The van der Waals surface area contributed by atoms with Crippen molar-refractivity contribution in [1.29, 1.82) is 0 Å². The van der Waals surface area contributed by atoms with Gasteiger partial charge in [-0.1, -0.05) is 11.6 Å². The third kappa shape index (κ3) is 9.17. The summed E-state index contributed by atoms with van der Waals surface area (Å²) in [5, 5.41) is 6.94. The summed E-state index contributed by atoms with van der Waals surface area (Å²) in [5.74, 6) is 1.30. The molecule has 0 fully saturated rings. The van der Waals surface area contributed by atoms with Crippen LogP contribution in [0.5, 0.6) is 5.75 Å². The number of ether oxygens (including phenoxy) is 1. The zero-order valence-corrected chi connectivity index (χ0v) is 17.6. The van der Waals surface area contributed by atoms with E-state index in [4.69, 9.17) is 16.3 Å². The zero-order chi connectivity index (χ0) is 17.2. The number of carbonyl (C=O) groups is 1. The Bertz CT molecular complexity index is 523. The van der Waals surface area contributed by atoms with Crippen molar-refractivity contribution in [2.75, 3.05) is 33.7 Å². The smallest absolute Gasteiger partial charge is 0.243 e. The Labute approximate surface area is 166 Å². The molecule has 8 heteroatoms. The summed E-state index contributed by atoms with van der Waals surface area (Å²) in [6.45, 7) is 5.31. The number of hydrogen-bond donors (Lipinski definition) is 2. The van der Waals surface area contributed by atoms with Crippen LogP contribution < -0.4 is 15.4 Å². The van der Waals surface area contributed by atoms with E-state index in [2.05, 4.69) is 15.6 Å². The fraction of sp³-hybridized carbons (Fsp3) is 0.500. The molecule has 0 radical (unpaired) electrons. The normalized spacial score (nSPS) is 12.0. The Morgan fingerprint density at radius 3 is 2.46 bits per heavy atom. The van der Waals surface area contributed by atoms with Gasteiger partial charge in [0.25, 0.3) is 0 Å². The van der Waals surface area contributed by atoms with Crippen LogP contribution in [-0.4, -0.2) is 56.6 Å². The summed E-state index contributed by atoms with van der Waals surface area (Å²) in [6, 6.07) is 7.23. The van der Waals surface area contributed by atoms with Crippen molar-refractivity contribution >= 4 is 47.4 Å². The molecule has 1 amide bonds. The molecule has 0 bridgehead atoms. The minimum Gasteiger partial charge on any atom is -0.489 e. The van der Waals surface area contributed by atoms with Gasteiger partial charge in [0, 0.05) is 25.7 Å². The number of amides is 1. The van der Waals surface area contributed by atoms with E-state index in [1.807, 2.05) is 26.0 Å². The standard InChI is InChI=1S/C16H25ClN4O2.HI/c1-5-18-16(20-11-15(22)21(3)4)19-10-12(2)23-14-8-6-13(17)7-9-14;/h6-9,12H,5,10-11H2,1-4H3,(H2,18,19,20);1H. The number of guanidine groups is 1. The molecule has 0 saturated carbocycles. The first kappa shape index (κ1) is 22.8. The summed E-state index contributed by atoms with van der Waals surface area (Å²) in [5.41, 5.74) is 0. The monoisotopic (exact) mass is 468 g/mol. The van der Waals surface area contributed by atoms with Crippen LogP contribution in [0.2, 0.25) is 5.02 Å². The van der Waals surface area contributed by atoms with E-state index < -0.39 is 0 Å². The summed E-state index contributed by atoms with van der Waals surface area (Å²) in [7, 11) is 3.42. The molecule has 1 aromatic carbocycles. The molecule has 1 aromatic rings. The van der Waals surface area contributed by atoms with Gasteiger partial charge in [0.15, 0.2) is 5.96 Å². The van der Waals surface area contributed by atoms with Crippen LogP contribution in [0.15, 0.2) is 29.3 Å². The van der Waals surface area contributed by atoms with E-state index in [9.17, 15) is 4.79 Å². The van der Waals surface area contributed by atoms with Gasteiger partial charge in [0.05, 0.1) is 6.54 Å². The fourth-order valence-corrected chi connectivity index (χ4v) is 1.78. The van der Waals surface area contributed by atoms with Crippen molar-refractivity contribution in [3.05, 3.63) is 29.3 Å². The zero-order valence-electron chi connectivity index (χ0n) is 14.5. The van der Waals surface area contributed by atoms with Gasteiger partial charge in [0.2, 0.25) is 5.91 Å². The molecule has 1 atom stereocenters. The molecule has 24 heavy (non-hydrogen) atoms. The highest BCUT2D eigenvalue weighted by Gasteiger charge is 2.07. The van der Waals surface area contributed by atoms with Gasteiger partial charge < -0.3 is 20.3 Å². The van der Waals surface area contributed by atoms with E-state index in [0.29, 0.717) is 24.1 Å². The van der Waals surface area contributed by atoms with E-state index in [-0.39, 0.29) is 42.5 Å². The number of rotatable bonds is 7. The third-order valence-corrected chi connectivity index (χ3v) is 3.18. The van der Waals surface area contributed by atoms with Crippen LogP contribution in [0.4, 0.5) is 0 Å². The van der Waals surface area contributed by atoms with Gasteiger partial charge in [-0.15, -0.1) is 24.0 Å². The molecule has 0 aliphatic carbocycles. The van der Waals surface area contributed by atoms with Crippen molar-refractivity contribution in [2.24, 2.45) is 4.99 Å². The highest BCUT2D eigenvalue weighted by atomic mass is 127. The van der Waals surface area contributed by atoms with Gasteiger partial charge in [0.1, 0.15) is 18.4 Å². The summed E-state index contributed by atoms with van der Waals surface area (Å²) >= 11 is 5.85. The van der Waals surface area contributed by atoms with Crippen LogP contribution in [0, 0.1) is 0 Å². The highest BCUT2D eigenvalue weighted by molar-refractivity contribution is 14.0. The van der Waals surface area contributed by atoms with E-state index in [0.717, 1.165) is 5.75 Å². The molecule has 0 spiro atoms. The summed E-state index contributed by atoms with van der Waals surface area (Å²) in [4.78, 5) is 17.4. The number of nitrogens with zero attached hydrogens (tertiary/aromatic N) is 2. The lowest BCUT2D eigenvalue weighted by Crippen LogP contribution is -2.42. The fourth-order valence-electron chi connectivity index (χ4n) is 1.66. The number of carbonyl (C=O) groups excluding carboxylic acids is 1. The molecule has 136 valence electrons. The molecule has 0 aliphatic rings. The van der Waals surface area contributed by atoms with Crippen molar-refractivity contribution < 1.29 is 9.53 Å². The Hall–Kier alpha value is -1.22. The van der Waals surface area contributed by atoms with Gasteiger partial charge in [-0.2, -0.15) is 0 Å². The van der Waals surface area contributed by atoms with Crippen LogP contribution in [0.3, 0.4) is 0 Å². The van der Waals surface area contributed by atoms with E-state index in [1.165, 1.54) is 4.90 Å². The SMILES string of the molecule is CCNC(=NCC(=O)N(C)C)NCC(C)Oc1ccc(Cl)cc1.I. The minimum atomic E-state index is -0.0652. The van der Waals surface area contributed by atoms with Gasteiger partial charge >= 0.3 is 0 Å². The predicted octanol–water partition coefficient (Wildman–Crippen LogP) is 2.37. The summed E-state index contributed by atoms with van der Waals surface area (Å²) < 4.78 is 5.78. The molecule has 0 heterocycles. The number of nitrogens with one attached hydrogen (secondary N) is 2. The Balaban J connectivity index is 0.00000529. The lowest BCUT2D eigenvalue weighted by Gasteiger charge is -2.18. The van der Waals surface area contributed by atoms with Crippen molar-refractivity contribution in [2.45, 2.75) is 20.0 Å². The molecular weight excluding hydrogens is 443 g/mol. The van der Waals surface area contributed by atoms with Crippen molar-refractivity contribution in [3.63, 3.8) is 0 Å². The highest BCUT2D eigenvalue weighted by Crippen LogP contribution is 2.16. The molecular formula is C16H26ClIN4O2. The van der Waals surface area contributed by atoms with Crippen LogP contribution in [0.1, 0.15) is 13.8 Å². The number of halogens is 2. The molecule has 0 aromatic heterocycles. The second-order valence-corrected chi connectivity index (χ2v) is 5.68. The predicted molar refractivity (Wildman–Crippen MR) is 110 cm³/mol. The topological polar surface area (TPSA) is 66.0 Å². The molecule has 0 aliphatic heterocycles. The average molecular weight is 469 g/mol. The Morgan fingerprint density at radius 1 is 1.29 bits per heavy atom. The second kappa shape index (κ2) is 12.2. The van der Waals surface area contributed by atoms with Gasteiger partial charge in [-0.25, -0.2) is 4.99 Å².